The van der Waals surface area contributed by atoms with Gasteiger partial charge in [-0.1, -0.05) is 19.0 Å². The van der Waals surface area contributed by atoms with Crippen molar-refractivity contribution in [2.24, 2.45) is 10.9 Å². The number of hydrogen-bond donors (Lipinski definition) is 2. The molecule has 0 spiro atoms. The number of aliphatic imine (C=N–C) groups is 1. The van der Waals surface area contributed by atoms with E-state index in [1.165, 1.54) is 0 Å². The van der Waals surface area contributed by atoms with E-state index in [1.54, 1.807) is 6.26 Å². The van der Waals surface area contributed by atoms with Crippen molar-refractivity contribution in [3.05, 3.63) is 18.0 Å². The van der Waals surface area contributed by atoms with Gasteiger partial charge in [0.15, 0.2) is 5.96 Å². The molecule has 6 heteroatoms. The van der Waals surface area contributed by atoms with Crippen LogP contribution in [0.15, 0.2) is 21.8 Å². The standard InChI is InChI=1S/C14H26N4O2/c1-4-15-14(17-10-13-6-9-20-18-13)16-7-5-8-19-11-12(2)3/h6,9,12H,4-5,7-8,10-11H2,1-3H3,(H2,15,16,17). The van der Waals surface area contributed by atoms with Crippen LogP contribution in [0.3, 0.4) is 0 Å². The van der Waals surface area contributed by atoms with Crippen LogP contribution in [0.25, 0.3) is 0 Å². The van der Waals surface area contributed by atoms with Crippen LogP contribution in [-0.2, 0) is 11.3 Å². The van der Waals surface area contributed by atoms with Gasteiger partial charge in [0, 0.05) is 32.4 Å². The van der Waals surface area contributed by atoms with Gasteiger partial charge < -0.3 is 19.9 Å². The number of ether oxygens (including phenoxy) is 1. The Labute approximate surface area is 121 Å². The summed E-state index contributed by atoms with van der Waals surface area (Å²) in [4.78, 5) is 4.43. The Kier molecular flexibility index (Phi) is 8.46. The summed E-state index contributed by atoms with van der Waals surface area (Å²) in [6.45, 7) is 10.1. The maximum absolute atomic E-state index is 5.53. The Bertz CT molecular complexity index is 363. The maximum Gasteiger partial charge on any atom is 0.191 e. The van der Waals surface area contributed by atoms with Crippen molar-refractivity contribution in [1.29, 1.82) is 0 Å². The molecule has 0 unspecified atom stereocenters. The number of nitrogens with one attached hydrogen (secondary N) is 2. The van der Waals surface area contributed by atoms with Crippen LogP contribution in [0.1, 0.15) is 32.9 Å². The number of nitrogens with zero attached hydrogens (tertiary/aromatic N) is 2. The highest BCUT2D eigenvalue weighted by atomic mass is 16.5. The fraction of sp³-hybridized carbons (Fsp3) is 0.714. The van der Waals surface area contributed by atoms with Gasteiger partial charge in [0.25, 0.3) is 0 Å². The lowest BCUT2D eigenvalue weighted by molar-refractivity contribution is 0.108. The second kappa shape index (κ2) is 10.3. The molecular weight excluding hydrogens is 256 g/mol. The molecule has 20 heavy (non-hydrogen) atoms. The molecule has 0 radical (unpaired) electrons. The molecule has 0 saturated heterocycles. The van der Waals surface area contributed by atoms with Gasteiger partial charge in [-0.15, -0.1) is 0 Å². The molecule has 2 N–H and O–H groups in total. The minimum absolute atomic E-state index is 0.510. The molecule has 6 nitrogen and oxygen atoms in total. The third kappa shape index (κ3) is 7.78. The van der Waals surface area contributed by atoms with Crippen LogP contribution in [-0.4, -0.2) is 37.4 Å². The van der Waals surface area contributed by atoms with Crippen molar-refractivity contribution in [3.63, 3.8) is 0 Å². The van der Waals surface area contributed by atoms with E-state index < -0.39 is 0 Å². The Morgan fingerprint density at radius 3 is 2.95 bits per heavy atom. The summed E-state index contributed by atoms with van der Waals surface area (Å²) < 4.78 is 10.3. The Balaban J connectivity index is 2.19. The predicted octanol–water partition coefficient (Wildman–Crippen LogP) is 1.79. The first-order chi connectivity index (χ1) is 9.72. The van der Waals surface area contributed by atoms with Crippen molar-refractivity contribution in [1.82, 2.24) is 15.8 Å². The molecule has 1 rings (SSSR count). The number of aromatic nitrogens is 1. The second-order valence-electron chi connectivity index (χ2n) is 4.94. The highest BCUT2D eigenvalue weighted by Crippen LogP contribution is 1.96. The summed E-state index contributed by atoms with van der Waals surface area (Å²) >= 11 is 0. The fourth-order valence-electron chi connectivity index (χ4n) is 1.52. The lowest BCUT2D eigenvalue weighted by atomic mass is 10.2. The SMILES string of the molecule is CCNC(=NCc1ccon1)NCCCOCC(C)C. The summed E-state index contributed by atoms with van der Waals surface area (Å²) in [5.74, 6) is 1.38. The number of guanidine groups is 1. The highest BCUT2D eigenvalue weighted by molar-refractivity contribution is 5.79. The van der Waals surface area contributed by atoms with Gasteiger partial charge in [-0.3, -0.25) is 0 Å². The van der Waals surface area contributed by atoms with E-state index in [0.29, 0.717) is 12.5 Å². The third-order valence-electron chi connectivity index (χ3n) is 2.44. The van der Waals surface area contributed by atoms with E-state index in [4.69, 9.17) is 9.26 Å². The van der Waals surface area contributed by atoms with Gasteiger partial charge in [-0.2, -0.15) is 0 Å². The largest absolute Gasteiger partial charge is 0.381 e. The molecule has 0 aliphatic rings. The summed E-state index contributed by atoms with van der Waals surface area (Å²) in [6, 6.07) is 1.81. The van der Waals surface area contributed by atoms with Crippen LogP contribution < -0.4 is 10.6 Å². The normalized spacial score (nSPS) is 11.9. The number of rotatable bonds is 9. The highest BCUT2D eigenvalue weighted by Gasteiger charge is 1.99. The summed E-state index contributed by atoms with van der Waals surface area (Å²) in [6.07, 6.45) is 2.51. The minimum atomic E-state index is 0.510. The first-order valence-corrected chi connectivity index (χ1v) is 7.21. The van der Waals surface area contributed by atoms with Gasteiger partial charge in [0.1, 0.15) is 12.0 Å². The van der Waals surface area contributed by atoms with E-state index >= 15 is 0 Å². The summed E-state index contributed by atoms with van der Waals surface area (Å²) in [7, 11) is 0. The van der Waals surface area contributed by atoms with Gasteiger partial charge in [-0.25, -0.2) is 4.99 Å². The average Bonchev–Trinajstić information content (AvgIpc) is 2.92. The Morgan fingerprint density at radius 1 is 1.45 bits per heavy atom. The molecule has 0 atom stereocenters. The molecule has 0 bridgehead atoms. The van der Waals surface area contributed by atoms with Gasteiger partial charge in [-0.05, 0) is 19.3 Å². The zero-order valence-electron chi connectivity index (χ0n) is 12.7. The van der Waals surface area contributed by atoms with E-state index in [-0.39, 0.29) is 0 Å². The van der Waals surface area contributed by atoms with Crippen LogP contribution in [0.2, 0.25) is 0 Å². The van der Waals surface area contributed by atoms with Crippen LogP contribution in [0.5, 0.6) is 0 Å². The second-order valence-corrected chi connectivity index (χ2v) is 4.94. The Hall–Kier alpha value is -1.56. The van der Waals surface area contributed by atoms with Crippen molar-refractivity contribution in [3.8, 4) is 0 Å². The first-order valence-electron chi connectivity index (χ1n) is 7.21. The third-order valence-corrected chi connectivity index (χ3v) is 2.44. The molecule has 0 aliphatic carbocycles. The fourth-order valence-corrected chi connectivity index (χ4v) is 1.52. The van der Waals surface area contributed by atoms with E-state index in [2.05, 4.69) is 34.6 Å². The minimum Gasteiger partial charge on any atom is -0.381 e. The lowest BCUT2D eigenvalue weighted by Crippen LogP contribution is -2.38. The monoisotopic (exact) mass is 282 g/mol. The summed E-state index contributed by atoms with van der Waals surface area (Å²) in [5, 5.41) is 10.3. The molecule has 1 aromatic heterocycles. The molecule has 1 aromatic rings. The molecular formula is C14H26N4O2. The van der Waals surface area contributed by atoms with Crippen molar-refractivity contribution >= 4 is 5.96 Å². The summed E-state index contributed by atoms with van der Waals surface area (Å²) in [5.41, 5.74) is 0.822. The average molecular weight is 282 g/mol. The van der Waals surface area contributed by atoms with Crippen molar-refractivity contribution in [2.45, 2.75) is 33.7 Å². The molecule has 114 valence electrons. The van der Waals surface area contributed by atoms with Crippen LogP contribution >= 0.6 is 0 Å². The molecule has 0 amide bonds. The molecule has 0 fully saturated rings. The van der Waals surface area contributed by atoms with E-state index in [1.807, 2.05) is 13.0 Å². The molecule has 1 heterocycles. The lowest BCUT2D eigenvalue weighted by Gasteiger charge is -2.11. The zero-order valence-corrected chi connectivity index (χ0v) is 12.7. The first kappa shape index (κ1) is 16.5. The molecule has 0 aromatic carbocycles. The number of hydrogen-bond acceptors (Lipinski definition) is 4. The van der Waals surface area contributed by atoms with E-state index in [9.17, 15) is 0 Å². The molecule has 0 aliphatic heterocycles. The predicted molar refractivity (Wildman–Crippen MR) is 79.6 cm³/mol. The van der Waals surface area contributed by atoms with E-state index in [0.717, 1.165) is 44.4 Å². The Morgan fingerprint density at radius 2 is 2.30 bits per heavy atom. The zero-order chi connectivity index (χ0) is 14.6. The van der Waals surface area contributed by atoms with Gasteiger partial charge in [0.2, 0.25) is 0 Å². The van der Waals surface area contributed by atoms with Crippen molar-refractivity contribution < 1.29 is 9.26 Å². The smallest absolute Gasteiger partial charge is 0.191 e. The molecule has 0 saturated carbocycles. The maximum atomic E-state index is 5.53. The van der Waals surface area contributed by atoms with Crippen LogP contribution in [0.4, 0.5) is 0 Å². The van der Waals surface area contributed by atoms with Gasteiger partial charge in [0.05, 0.1) is 6.54 Å². The topological polar surface area (TPSA) is 71.7 Å². The quantitative estimate of drug-likeness (QED) is 0.410. The van der Waals surface area contributed by atoms with Gasteiger partial charge >= 0.3 is 0 Å². The van der Waals surface area contributed by atoms with Crippen molar-refractivity contribution in [2.75, 3.05) is 26.3 Å². The van der Waals surface area contributed by atoms with Crippen LogP contribution in [0, 0.1) is 5.92 Å².